The van der Waals surface area contributed by atoms with Gasteiger partial charge in [-0.25, -0.2) is 4.79 Å². The average Bonchev–Trinajstić information content (AvgIpc) is 3.08. The van der Waals surface area contributed by atoms with Gasteiger partial charge >= 0.3 is 5.91 Å². The summed E-state index contributed by atoms with van der Waals surface area (Å²) in [7, 11) is 0. The molecule has 6 heteroatoms. The number of hydrogen-bond acceptors (Lipinski definition) is 5. The fourth-order valence-electron chi connectivity index (χ4n) is 7.15. The van der Waals surface area contributed by atoms with E-state index in [9.17, 15) is 14.4 Å². The van der Waals surface area contributed by atoms with Gasteiger partial charge in [0.25, 0.3) is 0 Å². The molecule has 1 aromatic carbocycles. The first kappa shape index (κ1) is 21.4. The van der Waals surface area contributed by atoms with Crippen LogP contribution >= 0.6 is 0 Å². The highest BCUT2D eigenvalue weighted by Crippen LogP contribution is 2.64. The van der Waals surface area contributed by atoms with E-state index < -0.39 is 11.5 Å². The van der Waals surface area contributed by atoms with Crippen LogP contribution in [-0.2, 0) is 19.1 Å². The third-order valence-electron chi connectivity index (χ3n) is 8.99. The molecule has 2 aromatic rings. The van der Waals surface area contributed by atoms with Crippen molar-refractivity contribution in [1.82, 2.24) is 4.98 Å². The highest BCUT2D eigenvalue weighted by atomic mass is 16.5. The van der Waals surface area contributed by atoms with Gasteiger partial charge in [-0.15, -0.1) is 0 Å². The number of nitrogens with zero attached hydrogens (tertiary/aromatic N) is 1. The molecule has 0 radical (unpaired) electrons. The lowest BCUT2D eigenvalue weighted by molar-refractivity contribution is -0.312. The number of aromatic nitrogens is 1. The summed E-state index contributed by atoms with van der Waals surface area (Å²) < 4.78 is 6.66. The normalized spacial score (nSPS) is 34.8. The summed E-state index contributed by atoms with van der Waals surface area (Å²) in [6.07, 6.45) is 8.32. The highest BCUT2D eigenvalue weighted by molar-refractivity contribution is 6.02. The van der Waals surface area contributed by atoms with Crippen molar-refractivity contribution in [2.75, 3.05) is 0 Å². The molecule has 2 fully saturated rings. The van der Waals surface area contributed by atoms with Crippen LogP contribution in [0.1, 0.15) is 57.4 Å². The highest BCUT2D eigenvalue weighted by Gasteiger charge is 2.63. The summed E-state index contributed by atoms with van der Waals surface area (Å²) in [5.41, 5.74) is 5.37. The smallest absolute Gasteiger partial charge is 0.312 e. The maximum absolute atomic E-state index is 13.6. The van der Waals surface area contributed by atoms with Crippen molar-refractivity contribution < 1.29 is 24.9 Å². The van der Waals surface area contributed by atoms with Crippen molar-refractivity contribution >= 4 is 28.2 Å². The van der Waals surface area contributed by atoms with Crippen LogP contribution < -0.4 is 5.73 Å². The van der Waals surface area contributed by atoms with Crippen molar-refractivity contribution in [3.63, 3.8) is 0 Å². The van der Waals surface area contributed by atoms with Gasteiger partial charge in [0.15, 0.2) is 5.78 Å². The van der Waals surface area contributed by atoms with Gasteiger partial charge in [-0.05, 0) is 53.8 Å². The first-order valence-corrected chi connectivity index (χ1v) is 12.1. The first-order chi connectivity index (χ1) is 16.2. The van der Waals surface area contributed by atoms with Gasteiger partial charge in [0.2, 0.25) is 0 Å². The number of rotatable bonds is 2. The molecule has 1 aliphatic heterocycles. The van der Waals surface area contributed by atoms with Crippen molar-refractivity contribution in [2.45, 2.75) is 57.5 Å². The number of hydrogen-bond donors (Lipinski definition) is 1. The topological polar surface area (TPSA) is 101 Å². The molecule has 0 spiro atoms. The minimum absolute atomic E-state index is 0.00869. The zero-order valence-corrected chi connectivity index (χ0v) is 19.6. The van der Waals surface area contributed by atoms with Gasteiger partial charge in [-0.3, -0.25) is 20.3 Å². The summed E-state index contributed by atoms with van der Waals surface area (Å²) in [4.78, 5) is 42.5. The second-order valence-corrected chi connectivity index (χ2v) is 10.9. The summed E-state index contributed by atoms with van der Waals surface area (Å²) in [5, 5.41) is 2.15. The van der Waals surface area contributed by atoms with Gasteiger partial charge in [0.05, 0.1) is 11.5 Å². The molecule has 4 aliphatic rings. The van der Waals surface area contributed by atoms with Crippen LogP contribution in [0.3, 0.4) is 0 Å². The molecule has 174 valence electrons. The molecule has 0 saturated heterocycles. The zero-order valence-electron chi connectivity index (χ0n) is 19.6. The standard InChI is InChI=1S/C28H28N2O4/c1-27-7-5-19-12-20-21(31)10-18(26(29)33)11-23(20)34-28(19,2)24(27)13-22(32)25(27)16-3-4-17-14-30-8-6-15(17)9-16/h3-4,6,8-9,12,14,18,24-25H,5,7,10-11,13H2,1-2H3,(H2,29,33)/p+1. The van der Waals surface area contributed by atoms with Gasteiger partial charge < -0.3 is 4.74 Å². The second kappa shape index (κ2) is 7.19. The number of ether oxygens (including phenoxy) is 1. The van der Waals surface area contributed by atoms with E-state index in [2.05, 4.69) is 42.8 Å². The Labute approximate surface area is 198 Å². The minimum atomic E-state index is -0.663. The molecule has 6 nitrogen and oxygen atoms in total. The summed E-state index contributed by atoms with van der Waals surface area (Å²) in [5.74, 6) is -0.0538. The van der Waals surface area contributed by atoms with Crippen LogP contribution in [-0.4, -0.2) is 28.1 Å². The molecule has 34 heavy (non-hydrogen) atoms. The minimum Gasteiger partial charge on any atom is -0.486 e. The van der Waals surface area contributed by atoms with Crippen LogP contribution in [0.25, 0.3) is 10.8 Å². The molecule has 5 unspecified atom stereocenters. The summed E-state index contributed by atoms with van der Waals surface area (Å²) in [6.45, 7) is 4.31. The average molecular weight is 458 g/mol. The van der Waals surface area contributed by atoms with E-state index in [1.54, 1.807) is 6.20 Å². The predicted octanol–water partition coefficient (Wildman–Crippen LogP) is 3.42. The van der Waals surface area contributed by atoms with E-state index in [0.29, 0.717) is 24.2 Å². The van der Waals surface area contributed by atoms with E-state index >= 15 is 0 Å². The number of quaternary nitrogens is 1. The molecule has 2 saturated carbocycles. The summed E-state index contributed by atoms with van der Waals surface area (Å²) >= 11 is 0. The van der Waals surface area contributed by atoms with Crippen LogP contribution in [0.5, 0.6) is 0 Å². The second-order valence-electron chi connectivity index (χ2n) is 10.9. The number of fused-ring (bicyclic) bond motifs is 4. The number of amides is 1. The number of carbonyl (C=O) groups excluding carboxylic acids is 3. The third-order valence-corrected chi connectivity index (χ3v) is 8.99. The molecule has 3 aliphatic carbocycles. The Kier molecular flexibility index (Phi) is 4.53. The Morgan fingerprint density at radius 2 is 1.94 bits per heavy atom. The van der Waals surface area contributed by atoms with E-state index in [1.807, 2.05) is 18.3 Å². The quantitative estimate of drug-likeness (QED) is 0.745. The van der Waals surface area contributed by atoms with Crippen LogP contribution in [0, 0.1) is 17.3 Å². The Balaban J connectivity index is 1.39. The Hall–Kier alpha value is -3.12. The van der Waals surface area contributed by atoms with Crippen LogP contribution in [0.15, 0.2) is 59.6 Å². The fraction of sp³-hybridized carbons (Fsp3) is 0.429. The lowest BCUT2D eigenvalue weighted by Crippen LogP contribution is -2.61. The predicted molar refractivity (Wildman–Crippen MR) is 125 cm³/mol. The van der Waals surface area contributed by atoms with E-state index in [4.69, 9.17) is 4.74 Å². The Bertz CT molecular complexity index is 1340. The number of benzene rings is 1. The molecular formula is C28H29N2O4+. The number of pyridine rings is 1. The maximum Gasteiger partial charge on any atom is 0.312 e. The monoisotopic (exact) mass is 457 g/mol. The Morgan fingerprint density at radius 1 is 1.12 bits per heavy atom. The van der Waals surface area contributed by atoms with E-state index in [1.165, 1.54) is 0 Å². The SMILES string of the molecule is CC12OC3=C(C=C1CCC1(C)C(c4ccc5cnccc5c4)C(=O)CC21)C(=O)CC(C([NH3+])=O)C3. The number of allylic oxidation sites excluding steroid dienone is 3. The molecule has 2 heterocycles. The third kappa shape index (κ3) is 2.91. The number of ketones is 2. The van der Waals surface area contributed by atoms with Gasteiger partial charge in [0, 0.05) is 48.9 Å². The maximum atomic E-state index is 13.6. The first-order valence-electron chi connectivity index (χ1n) is 12.1. The van der Waals surface area contributed by atoms with Gasteiger partial charge in [-0.2, -0.15) is 0 Å². The molecule has 6 rings (SSSR count). The molecular weight excluding hydrogens is 428 g/mol. The van der Waals surface area contributed by atoms with E-state index in [0.717, 1.165) is 34.8 Å². The Morgan fingerprint density at radius 3 is 2.74 bits per heavy atom. The van der Waals surface area contributed by atoms with Crippen molar-refractivity contribution in [2.24, 2.45) is 17.3 Å². The van der Waals surface area contributed by atoms with Gasteiger partial charge in [-0.1, -0.05) is 25.1 Å². The fourth-order valence-corrected chi connectivity index (χ4v) is 7.15. The van der Waals surface area contributed by atoms with E-state index in [-0.39, 0.29) is 41.1 Å². The van der Waals surface area contributed by atoms with Crippen molar-refractivity contribution in [3.8, 4) is 0 Å². The van der Waals surface area contributed by atoms with Gasteiger partial charge in [0.1, 0.15) is 17.1 Å². The lowest BCUT2D eigenvalue weighted by atomic mass is 9.56. The molecule has 1 aromatic heterocycles. The lowest BCUT2D eigenvalue weighted by Gasteiger charge is -2.53. The van der Waals surface area contributed by atoms with Crippen molar-refractivity contribution in [1.29, 1.82) is 0 Å². The zero-order chi connectivity index (χ0) is 23.8. The van der Waals surface area contributed by atoms with Crippen LogP contribution in [0.4, 0.5) is 0 Å². The number of carbonyl (C=O) groups is 3. The molecule has 0 bridgehead atoms. The molecule has 1 amide bonds. The van der Waals surface area contributed by atoms with Crippen LogP contribution in [0.2, 0.25) is 0 Å². The number of Topliss-reactive ketones (excluding diaryl/α,β-unsaturated/α-hetero) is 2. The molecule has 3 N–H and O–H groups in total. The largest absolute Gasteiger partial charge is 0.486 e. The van der Waals surface area contributed by atoms with Crippen molar-refractivity contribution in [3.05, 3.63) is 65.2 Å². The summed E-state index contributed by atoms with van der Waals surface area (Å²) in [6, 6.07) is 8.24. The molecule has 5 atom stereocenters.